The van der Waals surface area contributed by atoms with Crippen LogP contribution in [0.3, 0.4) is 0 Å². The van der Waals surface area contributed by atoms with Crippen LogP contribution in [0.25, 0.3) is 11.0 Å². The first-order valence-electron chi connectivity index (χ1n) is 10.6. The van der Waals surface area contributed by atoms with E-state index >= 15 is 0 Å². The molecule has 33 heavy (non-hydrogen) atoms. The molecule has 2 heterocycles. The Bertz CT molecular complexity index is 1390. The zero-order valence-corrected chi connectivity index (χ0v) is 18.7. The quantitative estimate of drug-likeness (QED) is 0.420. The Morgan fingerprint density at radius 1 is 1.15 bits per heavy atom. The Morgan fingerprint density at radius 2 is 1.91 bits per heavy atom. The maximum absolute atomic E-state index is 13.7. The molecule has 0 fully saturated rings. The Morgan fingerprint density at radius 3 is 2.67 bits per heavy atom. The molecule has 2 N–H and O–H groups in total. The highest BCUT2D eigenvalue weighted by Crippen LogP contribution is 2.43. The van der Waals surface area contributed by atoms with Crippen LogP contribution in [0.1, 0.15) is 24.9 Å². The van der Waals surface area contributed by atoms with Gasteiger partial charge in [0.15, 0.2) is 11.2 Å². The number of esters is 1. The number of carbonyl (C=O) groups excluding carboxylic acids is 2. The molecule has 2 aromatic carbocycles. The van der Waals surface area contributed by atoms with Gasteiger partial charge in [0.05, 0.1) is 35.5 Å². The van der Waals surface area contributed by atoms with E-state index in [4.69, 9.17) is 20.8 Å². The molecule has 0 bridgehead atoms. The Balaban J connectivity index is 1.74. The molecule has 3 atom stereocenters. The molecule has 2 aliphatic rings. The second-order valence-electron chi connectivity index (χ2n) is 8.35. The van der Waals surface area contributed by atoms with E-state index in [-0.39, 0.29) is 22.7 Å². The highest BCUT2D eigenvalue weighted by atomic mass is 35.5. The van der Waals surface area contributed by atoms with E-state index in [1.807, 2.05) is 31.2 Å². The lowest BCUT2D eigenvalue weighted by molar-refractivity contribution is -0.151. The number of rotatable bonds is 2. The van der Waals surface area contributed by atoms with Gasteiger partial charge in [0.1, 0.15) is 17.8 Å². The van der Waals surface area contributed by atoms with Gasteiger partial charge in [-0.1, -0.05) is 30.7 Å². The minimum absolute atomic E-state index is 0.252. The summed E-state index contributed by atoms with van der Waals surface area (Å²) in [4.78, 5) is 39.7. The van der Waals surface area contributed by atoms with E-state index in [9.17, 15) is 14.4 Å². The number of ketones is 1. The van der Waals surface area contributed by atoms with Gasteiger partial charge in [-0.05, 0) is 42.7 Å². The number of benzene rings is 2. The lowest BCUT2D eigenvalue weighted by atomic mass is 9.75. The Labute approximate surface area is 194 Å². The van der Waals surface area contributed by atoms with Gasteiger partial charge < -0.3 is 19.8 Å². The number of hydrogen-bond donors (Lipinski definition) is 2. The number of allylic oxidation sites excluding steroid dienone is 1. The minimum atomic E-state index is -0.956. The summed E-state index contributed by atoms with van der Waals surface area (Å²) in [5.74, 6) is -2.19. The summed E-state index contributed by atoms with van der Waals surface area (Å²) in [5.41, 5.74) is 2.83. The average Bonchev–Trinajstić information content (AvgIpc) is 2.96. The second-order valence-corrected chi connectivity index (χ2v) is 8.78. The maximum Gasteiger partial charge on any atom is 0.316 e. The molecular formula is C25H21ClN2O5. The van der Waals surface area contributed by atoms with Crippen LogP contribution in [0.5, 0.6) is 0 Å². The highest BCUT2D eigenvalue weighted by molar-refractivity contribution is 6.31. The van der Waals surface area contributed by atoms with Crippen LogP contribution in [-0.2, 0) is 14.3 Å². The Kier molecular flexibility index (Phi) is 5.21. The SMILES string of the molecule is COC(=O)[C@H]1C(=O)C2=C(C[C@H]1C)Nc1ccccc1N[C@H]2c1coc2ccc(Cl)cc2c1=O. The van der Waals surface area contributed by atoms with E-state index in [1.165, 1.54) is 13.4 Å². The van der Waals surface area contributed by atoms with E-state index < -0.39 is 17.9 Å². The molecular weight excluding hydrogens is 444 g/mol. The first kappa shape index (κ1) is 21.3. The molecule has 0 saturated carbocycles. The first-order chi connectivity index (χ1) is 15.9. The molecule has 0 radical (unpaired) electrons. The predicted octanol–water partition coefficient (Wildman–Crippen LogP) is 4.68. The largest absolute Gasteiger partial charge is 0.468 e. The van der Waals surface area contributed by atoms with Gasteiger partial charge in [0.25, 0.3) is 0 Å². The number of Topliss-reactive ketones (excluding diaryl/α,β-unsaturated/α-hetero) is 1. The van der Waals surface area contributed by atoms with Gasteiger partial charge in [-0.3, -0.25) is 14.4 Å². The second kappa shape index (κ2) is 8.08. The third kappa shape index (κ3) is 3.49. The van der Waals surface area contributed by atoms with Crippen molar-refractivity contribution in [2.24, 2.45) is 11.8 Å². The molecule has 1 aromatic heterocycles. The summed E-state index contributed by atoms with van der Waals surface area (Å²) >= 11 is 6.12. The molecule has 168 valence electrons. The van der Waals surface area contributed by atoms with Crippen LogP contribution in [-0.4, -0.2) is 18.9 Å². The predicted molar refractivity (Wildman–Crippen MR) is 125 cm³/mol. The smallest absolute Gasteiger partial charge is 0.316 e. The third-order valence-electron chi connectivity index (χ3n) is 6.30. The lowest BCUT2D eigenvalue weighted by Crippen LogP contribution is -2.40. The number of ether oxygens (including phenoxy) is 1. The molecule has 5 rings (SSSR count). The number of anilines is 2. The van der Waals surface area contributed by atoms with E-state index in [2.05, 4.69) is 10.6 Å². The molecule has 7 nitrogen and oxygen atoms in total. The summed E-state index contributed by atoms with van der Waals surface area (Å²) in [7, 11) is 1.27. The van der Waals surface area contributed by atoms with Gasteiger partial charge in [-0.25, -0.2) is 0 Å². The number of fused-ring (bicyclic) bond motifs is 2. The van der Waals surface area contributed by atoms with Crippen molar-refractivity contribution in [1.29, 1.82) is 0 Å². The summed E-state index contributed by atoms with van der Waals surface area (Å²) in [5, 5.41) is 7.41. The maximum atomic E-state index is 13.7. The zero-order chi connectivity index (χ0) is 23.3. The van der Waals surface area contributed by atoms with Crippen LogP contribution in [0, 0.1) is 11.8 Å². The number of para-hydroxylation sites is 2. The molecule has 0 spiro atoms. The van der Waals surface area contributed by atoms with Crippen LogP contribution < -0.4 is 16.1 Å². The topological polar surface area (TPSA) is 97.6 Å². The third-order valence-corrected chi connectivity index (χ3v) is 6.53. The van der Waals surface area contributed by atoms with Crippen LogP contribution >= 0.6 is 11.6 Å². The average molecular weight is 465 g/mol. The van der Waals surface area contributed by atoms with Gasteiger partial charge in [-0.15, -0.1) is 0 Å². The lowest BCUT2D eigenvalue weighted by Gasteiger charge is -2.32. The van der Waals surface area contributed by atoms with Crippen molar-refractivity contribution >= 4 is 45.7 Å². The first-order valence-corrected chi connectivity index (χ1v) is 11.0. The molecule has 1 aliphatic heterocycles. The van der Waals surface area contributed by atoms with Gasteiger partial charge in [0, 0.05) is 16.3 Å². The van der Waals surface area contributed by atoms with Gasteiger partial charge >= 0.3 is 5.97 Å². The van der Waals surface area contributed by atoms with Gasteiger partial charge in [-0.2, -0.15) is 0 Å². The number of nitrogens with one attached hydrogen (secondary N) is 2. The minimum Gasteiger partial charge on any atom is -0.468 e. The molecule has 0 unspecified atom stereocenters. The highest BCUT2D eigenvalue weighted by Gasteiger charge is 2.45. The van der Waals surface area contributed by atoms with Crippen LogP contribution in [0.2, 0.25) is 5.02 Å². The summed E-state index contributed by atoms with van der Waals surface area (Å²) < 4.78 is 10.7. The van der Waals surface area contributed by atoms with Crippen molar-refractivity contribution in [2.45, 2.75) is 19.4 Å². The van der Waals surface area contributed by atoms with Crippen molar-refractivity contribution in [3.63, 3.8) is 0 Å². The van der Waals surface area contributed by atoms with Gasteiger partial charge in [0.2, 0.25) is 0 Å². The fraction of sp³-hybridized carbons (Fsp3) is 0.240. The summed E-state index contributed by atoms with van der Waals surface area (Å²) in [6, 6.07) is 11.5. The monoisotopic (exact) mass is 464 g/mol. The summed E-state index contributed by atoms with van der Waals surface area (Å²) in [6.45, 7) is 1.84. The number of halogens is 1. The van der Waals surface area contributed by atoms with E-state index in [0.717, 1.165) is 11.4 Å². The molecule has 1 aliphatic carbocycles. The van der Waals surface area contributed by atoms with Crippen LogP contribution in [0.4, 0.5) is 11.4 Å². The summed E-state index contributed by atoms with van der Waals surface area (Å²) in [6.07, 6.45) is 1.81. The van der Waals surface area contributed by atoms with Crippen LogP contribution in [0.15, 0.2) is 69.2 Å². The number of methoxy groups -OCH3 is 1. The van der Waals surface area contributed by atoms with E-state index in [0.29, 0.717) is 33.7 Å². The van der Waals surface area contributed by atoms with Crippen molar-refractivity contribution < 1.29 is 18.7 Å². The van der Waals surface area contributed by atoms with E-state index in [1.54, 1.807) is 18.2 Å². The Hall–Kier alpha value is -3.58. The van der Waals surface area contributed by atoms with Crippen molar-refractivity contribution in [1.82, 2.24) is 0 Å². The normalized spacial score (nSPS) is 22.0. The fourth-order valence-corrected chi connectivity index (χ4v) is 4.86. The van der Waals surface area contributed by atoms with Crippen molar-refractivity contribution in [3.8, 4) is 0 Å². The number of carbonyl (C=O) groups is 2. The molecule has 3 aromatic rings. The standard InChI is InChI=1S/C25H21ClN2O5/c1-12-9-18-21(24(30)20(12)25(31)32-2)22(28-17-6-4-3-5-16(17)27-18)15-11-33-19-8-7-13(26)10-14(19)23(15)29/h3-8,10-12,20,22,27-28H,9H2,1-2H3/t12-,20-,22+/m1/s1. The van der Waals surface area contributed by atoms with Crippen molar-refractivity contribution in [3.05, 3.63) is 80.8 Å². The molecule has 0 amide bonds. The molecule has 8 heteroatoms. The number of hydrogen-bond acceptors (Lipinski definition) is 7. The van der Waals surface area contributed by atoms with Crippen molar-refractivity contribution in [2.75, 3.05) is 17.7 Å². The fourth-order valence-electron chi connectivity index (χ4n) is 4.68. The molecule has 0 saturated heterocycles. The zero-order valence-electron chi connectivity index (χ0n) is 18.0.